The molecular weight excluding hydrogens is 316 g/mol. The van der Waals surface area contributed by atoms with Crippen molar-refractivity contribution < 1.29 is 9.59 Å². The van der Waals surface area contributed by atoms with Gasteiger partial charge in [-0.05, 0) is 50.8 Å². The number of likely N-dealkylation sites (tertiary alicyclic amines) is 1. The number of benzene rings is 1. The van der Waals surface area contributed by atoms with E-state index in [9.17, 15) is 9.59 Å². The highest BCUT2D eigenvalue weighted by atomic mass is 16.2. The molecule has 0 bridgehead atoms. The highest BCUT2D eigenvalue weighted by molar-refractivity contribution is 5.93. The van der Waals surface area contributed by atoms with Gasteiger partial charge in [-0.3, -0.25) is 9.59 Å². The Morgan fingerprint density at radius 1 is 1.28 bits per heavy atom. The van der Waals surface area contributed by atoms with Gasteiger partial charge in [0.05, 0.1) is 11.0 Å². The molecule has 1 fully saturated rings. The second-order valence-corrected chi connectivity index (χ2v) is 6.81. The SMILES string of the molecule is CCn1c(C)nc2cc(NC(=O)CC3CCN(C(C)=O)CC3)ccc21. The Balaban J connectivity index is 1.60. The summed E-state index contributed by atoms with van der Waals surface area (Å²) in [5.74, 6) is 1.49. The van der Waals surface area contributed by atoms with Gasteiger partial charge in [0.15, 0.2) is 0 Å². The van der Waals surface area contributed by atoms with Gasteiger partial charge in [-0.15, -0.1) is 0 Å². The van der Waals surface area contributed by atoms with Gasteiger partial charge in [-0.25, -0.2) is 4.98 Å². The summed E-state index contributed by atoms with van der Waals surface area (Å²) in [4.78, 5) is 30.1. The first-order valence-electron chi connectivity index (χ1n) is 9.00. The Bertz CT molecular complexity index is 788. The highest BCUT2D eigenvalue weighted by Crippen LogP contribution is 2.23. The normalized spacial score (nSPS) is 15.6. The molecule has 0 aliphatic carbocycles. The van der Waals surface area contributed by atoms with E-state index in [1.54, 1.807) is 6.92 Å². The molecule has 1 aromatic carbocycles. The van der Waals surface area contributed by atoms with Gasteiger partial charge in [-0.1, -0.05) is 0 Å². The number of hydrogen-bond donors (Lipinski definition) is 1. The minimum absolute atomic E-state index is 0.0345. The number of fused-ring (bicyclic) bond motifs is 1. The average Bonchev–Trinajstić information content (AvgIpc) is 2.89. The largest absolute Gasteiger partial charge is 0.343 e. The third kappa shape index (κ3) is 3.83. The number of nitrogens with zero attached hydrogens (tertiary/aromatic N) is 3. The van der Waals surface area contributed by atoms with Crippen molar-refractivity contribution in [3.05, 3.63) is 24.0 Å². The molecule has 0 spiro atoms. The van der Waals surface area contributed by atoms with Crippen LogP contribution in [-0.4, -0.2) is 39.4 Å². The smallest absolute Gasteiger partial charge is 0.224 e. The first-order valence-corrected chi connectivity index (χ1v) is 9.00. The zero-order chi connectivity index (χ0) is 18.0. The Morgan fingerprint density at radius 3 is 2.64 bits per heavy atom. The van der Waals surface area contributed by atoms with Gasteiger partial charge in [0.1, 0.15) is 5.82 Å². The van der Waals surface area contributed by atoms with Crippen molar-refractivity contribution in [2.24, 2.45) is 5.92 Å². The Kier molecular flexibility index (Phi) is 5.06. The molecule has 2 amide bonds. The number of piperidine rings is 1. The van der Waals surface area contributed by atoms with E-state index in [1.807, 2.05) is 30.0 Å². The molecule has 3 rings (SSSR count). The average molecular weight is 342 g/mol. The van der Waals surface area contributed by atoms with Gasteiger partial charge >= 0.3 is 0 Å². The van der Waals surface area contributed by atoms with Crippen LogP contribution in [0.5, 0.6) is 0 Å². The summed E-state index contributed by atoms with van der Waals surface area (Å²) < 4.78 is 2.16. The summed E-state index contributed by atoms with van der Waals surface area (Å²) in [6, 6.07) is 5.89. The van der Waals surface area contributed by atoms with Crippen LogP contribution in [0.15, 0.2) is 18.2 Å². The van der Waals surface area contributed by atoms with Crippen LogP contribution in [-0.2, 0) is 16.1 Å². The number of carbonyl (C=O) groups excluding carboxylic acids is 2. The topological polar surface area (TPSA) is 67.2 Å². The van der Waals surface area contributed by atoms with E-state index >= 15 is 0 Å². The van der Waals surface area contributed by atoms with Gasteiger partial charge < -0.3 is 14.8 Å². The monoisotopic (exact) mass is 342 g/mol. The lowest BCUT2D eigenvalue weighted by Crippen LogP contribution is -2.37. The fraction of sp³-hybridized carbons (Fsp3) is 0.526. The highest BCUT2D eigenvalue weighted by Gasteiger charge is 2.22. The van der Waals surface area contributed by atoms with Crippen molar-refractivity contribution in [2.45, 2.75) is 46.6 Å². The van der Waals surface area contributed by atoms with Gasteiger partial charge in [0.2, 0.25) is 11.8 Å². The first kappa shape index (κ1) is 17.5. The first-order chi connectivity index (χ1) is 12.0. The second-order valence-electron chi connectivity index (χ2n) is 6.81. The summed E-state index contributed by atoms with van der Waals surface area (Å²) in [5, 5.41) is 2.99. The maximum atomic E-state index is 12.3. The molecule has 134 valence electrons. The predicted octanol–water partition coefficient (Wildman–Crippen LogP) is 2.95. The van der Waals surface area contributed by atoms with Crippen LogP contribution in [0.4, 0.5) is 5.69 Å². The number of aromatic nitrogens is 2. The number of anilines is 1. The summed E-state index contributed by atoms with van der Waals surface area (Å²) in [7, 11) is 0. The summed E-state index contributed by atoms with van der Waals surface area (Å²) in [5.41, 5.74) is 2.79. The van der Waals surface area contributed by atoms with Crippen LogP contribution in [0.25, 0.3) is 11.0 Å². The number of amides is 2. The van der Waals surface area contributed by atoms with Crippen LogP contribution in [0.3, 0.4) is 0 Å². The molecule has 0 atom stereocenters. The minimum Gasteiger partial charge on any atom is -0.343 e. The molecular formula is C19H26N4O2. The fourth-order valence-electron chi connectivity index (χ4n) is 3.65. The molecule has 25 heavy (non-hydrogen) atoms. The van der Waals surface area contributed by atoms with E-state index in [4.69, 9.17) is 0 Å². The van der Waals surface area contributed by atoms with Crippen LogP contribution in [0, 0.1) is 12.8 Å². The van der Waals surface area contributed by atoms with Crippen LogP contribution >= 0.6 is 0 Å². The number of carbonyl (C=O) groups is 2. The molecule has 0 saturated carbocycles. The Morgan fingerprint density at radius 2 is 2.00 bits per heavy atom. The van der Waals surface area contributed by atoms with E-state index in [2.05, 4.69) is 21.8 Å². The lowest BCUT2D eigenvalue weighted by Gasteiger charge is -2.30. The van der Waals surface area contributed by atoms with E-state index < -0.39 is 0 Å². The molecule has 0 unspecified atom stereocenters. The molecule has 6 nitrogen and oxygen atoms in total. The molecule has 1 aromatic heterocycles. The maximum Gasteiger partial charge on any atom is 0.224 e. The zero-order valence-electron chi connectivity index (χ0n) is 15.2. The summed E-state index contributed by atoms with van der Waals surface area (Å²) >= 11 is 0. The molecule has 1 aliphatic heterocycles. The molecule has 0 radical (unpaired) electrons. The van der Waals surface area contributed by atoms with Crippen molar-refractivity contribution in [3.8, 4) is 0 Å². The fourth-order valence-corrected chi connectivity index (χ4v) is 3.65. The summed E-state index contributed by atoms with van der Waals surface area (Å²) in [6.07, 6.45) is 2.30. The molecule has 6 heteroatoms. The van der Waals surface area contributed by atoms with E-state index in [1.165, 1.54) is 0 Å². The van der Waals surface area contributed by atoms with E-state index in [0.29, 0.717) is 12.3 Å². The number of rotatable bonds is 4. The number of nitrogens with one attached hydrogen (secondary N) is 1. The third-order valence-electron chi connectivity index (χ3n) is 5.07. The van der Waals surface area contributed by atoms with Crippen molar-refractivity contribution in [1.29, 1.82) is 0 Å². The molecule has 2 aromatic rings. The van der Waals surface area contributed by atoms with Gasteiger partial charge in [0, 0.05) is 38.7 Å². The van der Waals surface area contributed by atoms with Crippen LogP contribution in [0.2, 0.25) is 0 Å². The molecule has 1 aliphatic rings. The van der Waals surface area contributed by atoms with Gasteiger partial charge in [0.25, 0.3) is 0 Å². The second kappa shape index (κ2) is 7.25. The van der Waals surface area contributed by atoms with E-state index in [0.717, 1.165) is 55.0 Å². The Labute approximate surface area is 148 Å². The van der Waals surface area contributed by atoms with E-state index in [-0.39, 0.29) is 11.8 Å². The molecule has 1 N–H and O–H groups in total. The lowest BCUT2D eigenvalue weighted by molar-refractivity contribution is -0.130. The molecule has 2 heterocycles. The third-order valence-corrected chi connectivity index (χ3v) is 5.07. The van der Waals surface area contributed by atoms with Crippen molar-refractivity contribution in [3.63, 3.8) is 0 Å². The van der Waals surface area contributed by atoms with Crippen LogP contribution < -0.4 is 5.32 Å². The van der Waals surface area contributed by atoms with Crippen molar-refractivity contribution in [1.82, 2.24) is 14.5 Å². The number of imidazole rings is 1. The number of aryl methyl sites for hydroxylation is 2. The van der Waals surface area contributed by atoms with Crippen molar-refractivity contribution in [2.75, 3.05) is 18.4 Å². The van der Waals surface area contributed by atoms with Gasteiger partial charge in [-0.2, -0.15) is 0 Å². The minimum atomic E-state index is 0.0345. The van der Waals surface area contributed by atoms with Crippen molar-refractivity contribution >= 4 is 28.5 Å². The molecule has 1 saturated heterocycles. The Hall–Kier alpha value is -2.37. The standard InChI is InChI=1S/C19H26N4O2/c1-4-23-13(2)20-17-12-16(5-6-18(17)23)21-19(25)11-15-7-9-22(10-8-15)14(3)24/h5-6,12,15H,4,7-11H2,1-3H3,(H,21,25). The maximum absolute atomic E-state index is 12.3. The lowest BCUT2D eigenvalue weighted by atomic mass is 9.93. The zero-order valence-corrected chi connectivity index (χ0v) is 15.2. The number of hydrogen-bond acceptors (Lipinski definition) is 3. The summed E-state index contributed by atoms with van der Waals surface area (Å²) in [6.45, 7) is 8.09. The predicted molar refractivity (Wildman–Crippen MR) is 98.4 cm³/mol. The van der Waals surface area contributed by atoms with Crippen LogP contribution in [0.1, 0.15) is 38.9 Å². The quantitative estimate of drug-likeness (QED) is 0.929.